The fourth-order valence-electron chi connectivity index (χ4n) is 6.10. The summed E-state index contributed by atoms with van der Waals surface area (Å²) in [6.45, 7) is 8.60. The third-order valence-corrected chi connectivity index (χ3v) is 7.57. The van der Waals surface area contributed by atoms with Gasteiger partial charge in [-0.15, -0.1) is 0 Å². The van der Waals surface area contributed by atoms with Gasteiger partial charge in [0.05, 0.1) is 19.1 Å². The fourth-order valence-corrected chi connectivity index (χ4v) is 6.10. The number of rotatable bonds is 7. The Morgan fingerprint density at radius 2 is 2.00 bits per heavy atom. The van der Waals surface area contributed by atoms with Gasteiger partial charge in [-0.1, -0.05) is 40.5 Å². The molecular weight excluding hydrogens is 328 g/mol. The first kappa shape index (κ1) is 21.4. The molecule has 0 radical (unpaired) electrons. The molecule has 0 bridgehead atoms. The summed E-state index contributed by atoms with van der Waals surface area (Å²) in [7, 11) is 1.43. The van der Waals surface area contributed by atoms with Gasteiger partial charge in [-0.2, -0.15) is 0 Å². The number of aliphatic hydroxyl groups excluding tert-OH is 1. The lowest BCUT2D eigenvalue weighted by Gasteiger charge is -2.57. The van der Waals surface area contributed by atoms with Gasteiger partial charge >= 0.3 is 5.97 Å². The minimum absolute atomic E-state index is 0.0841. The molecule has 2 fully saturated rings. The topological polar surface area (TPSA) is 63.6 Å². The number of aliphatic hydroxyl groups is 1. The number of fused-ring (bicyclic) bond motifs is 1. The van der Waals surface area contributed by atoms with Crippen molar-refractivity contribution in [2.75, 3.05) is 7.11 Å². The molecule has 0 spiro atoms. The molecule has 0 heterocycles. The van der Waals surface area contributed by atoms with Crippen LogP contribution in [0, 0.1) is 35.0 Å². The highest BCUT2D eigenvalue weighted by Crippen LogP contribution is 2.58. The second-order valence-corrected chi connectivity index (χ2v) is 8.93. The van der Waals surface area contributed by atoms with Crippen LogP contribution in [0.3, 0.4) is 0 Å². The second kappa shape index (κ2) is 8.86. The molecule has 0 aromatic heterocycles. The minimum Gasteiger partial charge on any atom is -0.469 e. The normalized spacial score (nSPS) is 38.5. The van der Waals surface area contributed by atoms with E-state index in [1.807, 2.05) is 6.92 Å². The molecular formula is C22H38O4. The van der Waals surface area contributed by atoms with Gasteiger partial charge in [0.2, 0.25) is 0 Å². The van der Waals surface area contributed by atoms with Crippen LogP contribution < -0.4 is 0 Å². The van der Waals surface area contributed by atoms with Gasteiger partial charge in [-0.3, -0.25) is 9.59 Å². The van der Waals surface area contributed by atoms with Crippen molar-refractivity contribution in [3.8, 4) is 0 Å². The number of methoxy groups -OCH3 is 1. The summed E-state index contributed by atoms with van der Waals surface area (Å²) in [5, 5.41) is 10.2. The second-order valence-electron chi connectivity index (χ2n) is 8.93. The molecule has 7 atom stereocenters. The SMILES string of the molecule is CCC1C(CCCC(C)C(=O)OC)C(=O)[C@H](CC)[C@@H]2C[C@H](O)CC[C@]12C. The highest BCUT2D eigenvalue weighted by molar-refractivity contribution is 5.85. The molecule has 150 valence electrons. The van der Waals surface area contributed by atoms with E-state index >= 15 is 0 Å². The minimum atomic E-state index is -0.245. The van der Waals surface area contributed by atoms with E-state index in [9.17, 15) is 14.7 Å². The Kier molecular flexibility index (Phi) is 7.29. The zero-order valence-electron chi connectivity index (χ0n) is 17.3. The zero-order chi connectivity index (χ0) is 19.5. The molecule has 4 heteroatoms. The Balaban J connectivity index is 2.15. The van der Waals surface area contributed by atoms with E-state index in [4.69, 9.17) is 4.74 Å². The molecule has 2 saturated carbocycles. The Hall–Kier alpha value is -0.900. The molecule has 0 saturated heterocycles. The summed E-state index contributed by atoms with van der Waals surface area (Å²) < 4.78 is 4.82. The van der Waals surface area contributed by atoms with Crippen molar-refractivity contribution in [2.45, 2.75) is 85.2 Å². The summed E-state index contributed by atoms with van der Waals surface area (Å²) in [5.41, 5.74) is 0.154. The van der Waals surface area contributed by atoms with Crippen LogP contribution in [0.5, 0.6) is 0 Å². The number of ether oxygens (including phenoxy) is 1. The van der Waals surface area contributed by atoms with E-state index in [1.165, 1.54) is 7.11 Å². The monoisotopic (exact) mass is 366 g/mol. The Bertz CT molecular complexity index is 502. The molecule has 0 amide bonds. The van der Waals surface area contributed by atoms with Crippen LogP contribution in [-0.4, -0.2) is 30.1 Å². The number of hydrogen-bond acceptors (Lipinski definition) is 4. The summed E-state index contributed by atoms with van der Waals surface area (Å²) in [6, 6.07) is 0. The van der Waals surface area contributed by atoms with E-state index in [-0.39, 0.29) is 35.2 Å². The first-order valence-corrected chi connectivity index (χ1v) is 10.6. The maximum Gasteiger partial charge on any atom is 0.308 e. The van der Waals surface area contributed by atoms with Crippen molar-refractivity contribution in [3.05, 3.63) is 0 Å². The van der Waals surface area contributed by atoms with Gasteiger partial charge in [-0.05, 0) is 55.8 Å². The van der Waals surface area contributed by atoms with Crippen LogP contribution in [-0.2, 0) is 14.3 Å². The van der Waals surface area contributed by atoms with Crippen LogP contribution in [0.25, 0.3) is 0 Å². The quantitative estimate of drug-likeness (QED) is 0.679. The molecule has 0 aromatic rings. The third-order valence-electron chi connectivity index (χ3n) is 7.57. The van der Waals surface area contributed by atoms with Crippen molar-refractivity contribution in [1.29, 1.82) is 0 Å². The van der Waals surface area contributed by atoms with Crippen LogP contribution in [0.2, 0.25) is 0 Å². The number of carbonyl (C=O) groups excluding carboxylic acids is 2. The van der Waals surface area contributed by atoms with E-state index in [1.54, 1.807) is 0 Å². The largest absolute Gasteiger partial charge is 0.469 e. The Labute approximate surface area is 159 Å². The summed E-state index contributed by atoms with van der Waals surface area (Å²) in [4.78, 5) is 25.0. The van der Waals surface area contributed by atoms with E-state index < -0.39 is 0 Å². The molecule has 0 aliphatic heterocycles. The molecule has 3 unspecified atom stereocenters. The number of Topliss-reactive ketones (excluding diaryl/α,β-unsaturated/α-hetero) is 1. The number of ketones is 1. The first-order chi connectivity index (χ1) is 12.3. The Morgan fingerprint density at radius 1 is 1.31 bits per heavy atom. The molecule has 1 N–H and O–H groups in total. The van der Waals surface area contributed by atoms with Crippen molar-refractivity contribution < 1.29 is 19.4 Å². The number of hydrogen-bond donors (Lipinski definition) is 1. The number of esters is 1. The smallest absolute Gasteiger partial charge is 0.308 e. The predicted octanol–water partition coefficient (Wildman–Crippen LogP) is 4.38. The molecule has 4 nitrogen and oxygen atoms in total. The number of carbonyl (C=O) groups is 2. The van der Waals surface area contributed by atoms with Crippen LogP contribution in [0.15, 0.2) is 0 Å². The lowest BCUT2D eigenvalue weighted by atomic mass is 9.47. The van der Waals surface area contributed by atoms with Crippen LogP contribution in [0.4, 0.5) is 0 Å². The lowest BCUT2D eigenvalue weighted by Crippen LogP contribution is -2.55. The maximum atomic E-state index is 13.3. The molecule has 2 aliphatic rings. The van der Waals surface area contributed by atoms with Gasteiger partial charge < -0.3 is 9.84 Å². The highest BCUT2D eigenvalue weighted by atomic mass is 16.5. The average molecular weight is 367 g/mol. The maximum absolute atomic E-state index is 13.3. The van der Waals surface area contributed by atoms with Gasteiger partial charge in [0.25, 0.3) is 0 Å². The van der Waals surface area contributed by atoms with Crippen LogP contribution in [0.1, 0.15) is 79.1 Å². The Morgan fingerprint density at radius 3 is 2.58 bits per heavy atom. The van der Waals surface area contributed by atoms with Crippen molar-refractivity contribution in [2.24, 2.45) is 35.0 Å². The average Bonchev–Trinajstić information content (AvgIpc) is 2.62. The highest BCUT2D eigenvalue weighted by Gasteiger charge is 2.56. The van der Waals surface area contributed by atoms with Gasteiger partial charge in [0.1, 0.15) is 5.78 Å². The molecule has 2 aliphatic carbocycles. The van der Waals surface area contributed by atoms with Crippen LogP contribution >= 0.6 is 0 Å². The molecule has 2 rings (SSSR count). The first-order valence-electron chi connectivity index (χ1n) is 10.6. The van der Waals surface area contributed by atoms with Crippen molar-refractivity contribution in [1.82, 2.24) is 0 Å². The van der Waals surface area contributed by atoms with Crippen molar-refractivity contribution in [3.63, 3.8) is 0 Å². The molecule has 0 aromatic carbocycles. The van der Waals surface area contributed by atoms with E-state index in [2.05, 4.69) is 20.8 Å². The fraction of sp³-hybridized carbons (Fsp3) is 0.909. The summed E-state index contributed by atoms with van der Waals surface area (Å²) >= 11 is 0. The summed E-state index contributed by atoms with van der Waals surface area (Å²) in [6.07, 6.45) is 6.86. The summed E-state index contributed by atoms with van der Waals surface area (Å²) in [5.74, 6) is 1.05. The van der Waals surface area contributed by atoms with E-state index in [0.717, 1.165) is 51.4 Å². The predicted molar refractivity (Wildman–Crippen MR) is 103 cm³/mol. The third kappa shape index (κ3) is 4.00. The van der Waals surface area contributed by atoms with E-state index in [0.29, 0.717) is 17.6 Å². The lowest BCUT2D eigenvalue weighted by molar-refractivity contribution is -0.155. The van der Waals surface area contributed by atoms with Gasteiger partial charge in [0, 0.05) is 11.8 Å². The standard InChI is InChI=1S/C22H38O4/c1-6-16-19-13-15(23)11-12-22(19,4)18(7-2)17(20(16)24)10-8-9-14(3)21(25)26-5/h14-19,23H,6-13H2,1-5H3/t14?,15-,16-,17?,18?,19+,22-/m1/s1. The molecule has 26 heavy (non-hydrogen) atoms. The van der Waals surface area contributed by atoms with Crippen molar-refractivity contribution >= 4 is 11.8 Å². The van der Waals surface area contributed by atoms with Gasteiger partial charge in [-0.25, -0.2) is 0 Å². The van der Waals surface area contributed by atoms with Gasteiger partial charge in [0.15, 0.2) is 0 Å². The zero-order valence-corrected chi connectivity index (χ0v) is 17.3.